The fourth-order valence-corrected chi connectivity index (χ4v) is 4.78. The number of rotatable bonds is 7. The summed E-state index contributed by atoms with van der Waals surface area (Å²) in [6.45, 7) is 0. The molecule has 4 heteroatoms. The van der Waals surface area contributed by atoms with E-state index in [-0.39, 0.29) is 5.75 Å². The van der Waals surface area contributed by atoms with Crippen LogP contribution in [0.3, 0.4) is 0 Å². The molecule has 0 fully saturated rings. The van der Waals surface area contributed by atoms with Crippen LogP contribution >= 0.6 is 0 Å². The number of phenols is 1. The molecule has 0 amide bonds. The van der Waals surface area contributed by atoms with Gasteiger partial charge in [-0.05, 0) is 65.7 Å². The van der Waals surface area contributed by atoms with Crippen molar-refractivity contribution in [1.29, 1.82) is 0 Å². The topological polar surface area (TPSA) is 49.2 Å². The zero-order valence-electron chi connectivity index (χ0n) is 21.4. The molecule has 1 N–H and O–H groups in total. The van der Waals surface area contributed by atoms with E-state index in [0.717, 1.165) is 50.8 Å². The molecular formula is C35H27N3O. The number of hydrogen-bond acceptors (Lipinski definition) is 4. The maximum absolute atomic E-state index is 11.2. The summed E-state index contributed by atoms with van der Waals surface area (Å²) in [6, 6.07) is 46.4. The lowest BCUT2D eigenvalue weighted by atomic mass is 9.99. The molecule has 0 radical (unpaired) electrons. The molecule has 6 rings (SSSR count). The van der Waals surface area contributed by atoms with Gasteiger partial charge in [0.1, 0.15) is 11.6 Å². The molecule has 0 saturated carbocycles. The first-order valence-electron chi connectivity index (χ1n) is 12.9. The third-order valence-corrected chi connectivity index (χ3v) is 6.67. The molecule has 0 bridgehead atoms. The second-order valence-electron chi connectivity index (χ2n) is 9.29. The lowest BCUT2D eigenvalue weighted by Gasteiger charge is -2.24. The monoisotopic (exact) mass is 505 g/mol. The molecule has 39 heavy (non-hydrogen) atoms. The van der Waals surface area contributed by atoms with E-state index in [4.69, 9.17) is 4.98 Å². The summed E-state index contributed by atoms with van der Waals surface area (Å²) >= 11 is 0. The van der Waals surface area contributed by atoms with Gasteiger partial charge in [0.25, 0.3) is 0 Å². The first-order chi connectivity index (χ1) is 19.3. The summed E-state index contributed by atoms with van der Waals surface area (Å²) in [5, 5.41) is 11.2. The quantitative estimate of drug-likeness (QED) is 0.236. The Hall–Kier alpha value is -5.22. The van der Waals surface area contributed by atoms with Gasteiger partial charge in [0, 0.05) is 35.1 Å². The SMILES string of the molecule is Oc1c(Cc2ccccc2)cccc1-c1cccc(-c2cccc(N(c3ccccc3)c3ccccn3)c2)n1. The molecule has 4 aromatic carbocycles. The van der Waals surface area contributed by atoms with Crippen LogP contribution in [0.25, 0.3) is 22.5 Å². The zero-order valence-corrected chi connectivity index (χ0v) is 21.4. The number of aromatic hydroxyl groups is 1. The Morgan fingerprint density at radius 3 is 2.08 bits per heavy atom. The number of nitrogens with zero attached hydrogens (tertiary/aromatic N) is 3. The van der Waals surface area contributed by atoms with Crippen molar-refractivity contribution in [3.63, 3.8) is 0 Å². The minimum atomic E-state index is 0.269. The van der Waals surface area contributed by atoms with Crippen molar-refractivity contribution in [3.05, 3.63) is 157 Å². The summed E-state index contributed by atoms with van der Waals surface area (Å²) < 4.78 is 0. The summed E-state index contributed by atoms with van der Waals surface area (Å²) in [4.78, 5) is 11.7. The summed E-state index contributed by atoms with van der Waals surface area (Å²) in [5.41, 5.74) is 7.30. The highest BCUT2D eigenvalue weighted by Gasteiger charge is 2.15. The van der Waals surface area contributed by atoms with Crippen LogP contribution in [0.1, 0.15) is 11.1 Å². The summed E-state index contributed by atoms with van der Waals surface area (Å²) in [6.07, 6.45) is 2.46. The number of pyridine rings is 2. The Kier molecular flexibility index (Phi) is 6.83. The molecule has 0 aliphatic rings. The molecule has 0 unspecified atom stereocenters. The molecule has 0 atom stereocenters. The number of phenolic OH excluding ortho intramolecular Hbond substituents is 1. The van der Waals surface area contributed by atoms with Crippen LogP contribution < -0.4 is 4.90 Å². The smallest absolute Gasteiger partial charge is 0.137 e. The van der Waals surface area contributed by atoms with Gasteiger partial charge in [-0.1, -0.05) is 84.9 Å². The maximum Gasteiger partial charge on any atom is 0.137 e. The predicted molar refractivity (Wildman–Crippen MR) is 158 cm³/mol. The van der Waals surface area contributed by atoms with Crippen molar-refractivity contribution in [2.24, 2.45) is 0 Å². The van der Waals surface area contributed by atoms with Gasteiger partial charge in [-0.25, -0.2) is 9.97 Å². The van der Waals surface area contributed by atoms with E-state index in [1.54, 1.807) is 6.20 Å². The Labute approximate surface area is 228 Å². The van der Waals surface area contributed by atoms with E-state index >= 15 is 0 Å². The van der Waals surface area contributed by atoms with E-state index in [1.807, 2.05) is 97.1 Å². The van der Waals surface area contributed by atoms with Crippen LogP contribution in [-0.2, 0) is 6.42 Å². The number of hydrogen-bond donors (Lipinski definition) is 1. The van der Waals surface area contributed by atoms with E-state index in [2.05, 4.69) is 52.3 Å². The maximum atomic E-state index is 11.2. The summed E-state index contributed by atoms with van der Waals surface area (Å²) in [5.74, 6) is 1.10. The van der Waals surface area contributed by atoms with Gasteiger partial charge in [-0.3, -0.25) is 4.90 Å². The Morgan fingerprint density at radius 2 is 1.28 bits per heavy atom. The zero-order chi connectivity index (χ0) is 26.4. The van der Waals surface area contributed by atoms with E-state index in [9.17, 15) is 5.11 Å². The molecule has 188 valence electrons. The lowest BCUT2D eigenvalue weighted by molar-refractivity contribution is 0.471. The molecule has 0 spiro atoms. The van der Waals surface area contributed by atoms with Gasteiger partial charge in [0.15, 0.2) is 0 Å². The fourth-order valence-electron chi connectivity index (χ4n) is 4.78. The second kappa shape index (κ2) is 11.0. The Morgan fingerprint density at radius 1 is 0.590 bits per heavy atom. The first-order valence-corrected chi connectivity index (χ1v) is 12.9. The minimum Gasteiger partial charge on any atom is -0.507 e. The van der Waals surface area contributed by atoms with Crippen molar-refractivity contribution < 1.29 is 5.11 Å². The molecule has 6 aromatic rings. The second-order valence-corrected chi connectivity index (χ2v) is 9.29. The van der Waals surface area contributed by atoms with Gasteiger partial charge in [-0.2, -0.15) is 0 Å². The van der Waals surface area contributed by atoms with Crippen LogP contribution in [-0.4, -0.2) is 15.1 Å². The highest BCUT2D eigenvalue weighted by molar-refractivity contribution is 5.78. The Bertz CT molecular complexity index is 1650. The minimum absolute atomic E-state index is 0.269. The molecular weight excluding hydrogens is 478 g/mol. The third-order valence-electron chi connectivity index (χ3n) is 6.67. The molecule has 0 aliphatic heterocycles. The van der Waals surface area contributed by atoms with Gasteiger partial charge in [0.2, 0.25) is 0 Å². The van der Waals surface area contributed by atoms with Gasteiger partial charge >= 0.3 is 0 Å². The van der Waals surface area contributed by atoms with Gasteiger partial charge in [-0.15, -0.1) is 0 Å². The normalized spacial score (nSPS) is 10.8. The number of anilines is 3. The largest absolute Gasteiger partial charge is 0.507 e. The van der Waals surface area contributed by atoms with Crippen molar-refractivity contribution >= 4 is 17.2 Å². The number of aromatic nitrogens is 2. The van der Waals surface area contributed by atoms with Crippen molar-refractivity contribution in [2.75, 3.05) is 4.90 Å². The standard InChI is InChI=1S/C35H27N3O/c39-35-28(24-26-12-3-1-4-13-26)15-10-19-31(35)33-21-11-20-32(37-33)27-14-9-18-30(25-27)38(29-16-5-2-6-17-29)34-22-7-8-23-36-34/h1-23,25,39H,24H2. The molecule has 0 aliphatic carbocycles. The van der Waals surface area contributed by atoms with Crippen LogP contribution in [0.5, 0.6) is 5.75 Å². The fraction of sp³-hybridized carbons (Fsp3) is 0.0286. The Balaban J connectivity index is 1.37. The van der Waals surface area contributed by atoms with Crippen molar-refractivity contribution in [3.8, 4) is 28.3 Å². The van der Waals surface area contributed by atoms with E-state index < -0.39 is 0 Å². The molecule has 0 saturated heterocycles. The van der Waals surface area contributed by atoms with Crippen LogP contribution in [0.15, 0.2) is 146 Å². The third kappa shape index (κ3) is 5.27. The number of benzene rings is 4. The average molecular weight is 506 g/mol. The van der Waals surface area contributed by atoms with Crippen molar-refractivity contribution in [2.45, 2.75) is 6.42 Å². The van der Waals surface area contributed by atoms with Gasteiger partial charge in [0.05, 0.1) is 11.4 Å². The van der Waals surface area contributed by atoms with Crippen LogP contribution in [0, 0.1) is 0 Å². The lowest BCUT2D eigenvalue weighted by Crippen LogP contribution is -2.11. The predicted octanol–water partition coefficient (Wildman–Crippen LogP) is 8.58. The summed E-state index contributed by atoms with van der Waals surface area (Å²) in [7, 11) is 0. The van der Waals surface area contributed by atoms with Crippen molar-refractivity contribution in [1.82, 2.24) is 9.97 Å². The van der Waals surface area contributed by atoms with Crippen LogP contribution in [0.2, 0.25) is 0 Å². The highest BCUT2D eigenvalue weighted by atomic mass is 16.3. The highest BCUT2D eigenvalue weighted by Crippen LogP contribution is 2.36. The van der Waals surface area contributed by atoms with E-state index in [0.29, 0.717) is 6.42 Å². The average Bonchev–Trinajstić information content (AvgIpc) is 3.00. The van der Waals surface area contributed by atoms with Gasteiger partial charge < -0.3 is 5.11 Å². The molecule has 4 nitrogen and oxygen atoms in total. The number of para-hydroxylation sites is 2. The molecule has 2 aromatic heterocycles. The first kappa shape index (κ1) is 24.1. The van der Waals surface area contributed by atoms with Crippen LogP contribution in [0.4, 0.5) is 17.2 Å². The molecule has 2 heterocycles. The van der Waals surface area contributed by atoms with E-state index in [1.165, 1.54) is 0 Å².